The van der Waals surface area contributed by atoms with Crippen molar-refractivity contribution in [3.05, 3.63) is 76.2 Å². The number of hydrogen-bond acceptors (Lipinski definition) is 4. The predicted octanol–water partition coefficient (Wildman–Crippen LogP) is 4.40. The highest BCUT2D eigenvalue weighted by Gasteiger charge is 2.12. The second kappa shape index (κ2) is 7.79. The largest absolute Gasteiger partial charge is 0.494 e. The van der Waals surface area contributed by atoms with Gasteiger partial charge in [0.2, 0.25) is 0 Å². The molecule has 26 heavy (non-hydrogen) atoms. The Balaban J connectivity index is 1.74. The number of ether oxygens (including phenoxy) is 1. The number of carbonyl (C=O) groups is 2. The molecule has 2 amide bonds. The van der Waals surface area contributed by atoms with Crippen LogP contribution in [-0.2, 0) is 0 Å². The van der Waals surface area contributed by atoms with E-state index in [0.717, 1.165) is 0 Å². The van der Waals surface area contributed by atoms with E-state index in [1.807, 2.05) is 5.38 Å². The Labute approximate surface area is 153 Å². The monoisotopic (exact) mass is 370 g/mol. The zero-order valence-corrected chi connectivity index (χ0v) is 14.6. The highest BCUT2D eigenvalue weighted by Crippen LogP contribution is 2.29. The van der Waals surface area contributed by atoms with Crippen molar-refractivity contribution >= 4 is 34.5 Å². The van der Waals surface area contributed by atoms with Crippen molar-refractivity contribution in [2.24, 2.45) is 0 Å². The first-order valence-electron chi connectivity index (χ1n) is 7.66. The Bertz CT molecular complexity index is 924. The van der Waals surface area contributed by atoms with Crippen molar-refractivity contribution in [1.82, 2.24) is 0 Å². The molecular formula is C19H15FN2O3S. The number of halogens is 1. The fraction of sp³-hybridized carbons (Fsp3) is 0.0526. The van der Waals surface area contributed by atoms with Crippen LogP contribution in [0.1, 0.15) is 20.0 Å². The molecule has 1 heterocycles. The lowest BCUT2D eigenvalue weighted by Gasteiger charge is -2.12. The van der Waals surface area contributed by atoms with E-state index < -0.39 is 5.82 Å². The zero-order valence-electron chi connectivity index (χ0n) is 13.8. The average Bonchev–Trinajstić information content (AvgIpc) is 3.18. The van der Waals surface area contributed by atoms with Gasteiger partial charge in [0.1, 0.15) is 11.6 Å². The van der Waals surface area contributed by atoms with Gasteiger partial charge in [-0.05, 0) is 47.8 Å². The van der Waals surface area contributed by atoms with Gasteiger partial charge in [0.25, 0.3) is 11.8 Å². The number of methoxy groups -OCH3 is 1. The molecule has 2 aromatic carbocycles. The van der Waals surface area contributed by atoms with E-state index >= 15 is 0 Å². The molecule has 3 aromatic rings. The van der Waals surface area contributed by atoms with E-state index in [0.29, 0.717) is 27.6 Å². The molecule has 0 aliphatic rings. The molecule has 0 atom stereocenters. The number of benzene rings is 2. The molecule has 5 nitrogen and oxygen atoms in total. The molecule has 0 spiro atoms. The van der Waals surface area contributed by atoms with E-state index in [9.17, 15) is 14.0 Å². The van der Waals surface area contributed by atoms with Crippen LogP contribution >= 0.6 is 11.3 Å². The molecule has 1 aromatic heterocycles. The lowest BCUT2D eigenvalue weighted by Crippen LogP contribution is -2.13. The van der Waals surface area contributed by atoms with Gasteiger partial charge in [-0.2, -0.15) is 0 Å². The lowest BCUT2D eigenvalue weighted by atomic mass is 10.2. The molecule has 0 aliphatic heterocycles. The van der Waals surface area contributed by atoms with Gasteiger partial charge in [-0.15, -0.1) is 11.3 Å². The molecule has 132 valence electrons. The summed E-state index contributed by atoms with van der Waals surface area (Å²) in [6.07, 6.45) is 0. The molecule has 0 saturated heterocycles. The van der Waals surface area contributed by atoms with E-state index in [1.165, 1.54) is 42.7 Å². The van der Waals surface area contributed by atoms with E-state index in [-0.39, 0.29) is 11.8 Å². The number of anilines is 2. The number of nitrogens with one attached hydrogen (secondary N) is 2. The van der Waals surface area contributed by atoms with Gasteiger partial charge in [0.05, 0.1) is 17.7 Å². The second-order valence-electron chi connectivity index (χ2n) is 5.31. The molecule has 7 heteroatoms. The minimum atomic E-state index is -0.408. The Morgan fingerprint density at radius 2 is 1.77 bits per heavy atom. The number of amides is 2. The SMILES string of the molecule is COc1cc(NC(=O)c2ccc(F)cc2)ccc1NC(=O)c1cccs1. The predicted molar refractivity (Wildman–Crippen MR) is 99.6 cm³/mol. The smallest absolute Gasteiger partial charge is 0.265 e. The summed E-state index contributed by atoms with van der Waals surface area (Å²) in [5.74, 6) is -0.607. The summed E-state index contributed by atoms with van der Waals surface area (Å²) in [5.41, 5.74) is 1.32. The zero-order chi connectivity index (χ0) is 18.5. The number of rotatable bonds is 5. The number of carbonyl (C=O) groups excluding carboxylic acids is 2. The maximum atomic E-state index is 12.9. The number of thiophene rings is 1. The van der Waals surface area contributed by atoms with Crippen LogP contribution in [0.4, 0.5) is 15.8 Å². The van der Waals surface area contributed by atoms with Gasteiger partial charge in [0.15, 0.2) is 0 Å². The summed E-state index contributed by atoms with van der Waals surface area (Å²) in [6, 6.07) is 13.7. The first-order chi connectivity index (χ1) is 12.6. The lowest BCUT2D eigenvalue weighted by molar-refractivity contribution is 0.101. The summed E-state index contributed by atoms with van der Waals surface area (Å²) < 4.78 is 18.2. The fourth-order valence-corrected chi connectivity index (χ4v) is 2.89. The van der Waals surface area contributed by atoms with Gasteiger partial charge in [-0.1, -0.05) is 6.07 Å². The third kappa shape index (κ3) is 4.07. The molecular weight excluding hydrogens is 355 g/mol. The van der Waals surface area contributed by atoms with Gasteiger partial charge < -0.3 is 15.4 Å². The highest BCUT2D eigenvalue weighted by molar-refractivity contribution is 7.12. The highest BCUT2D eigenvalue weighted by atomic mass is 32.1. The first-order valence-corrected chi connectivity index (χ1v) is 8.54. The topological polar surface area (TPSA) is 67.4 Å². The molecule has 0 bridgehead atoms. The van der Waals surface area contributed by atoms with E-state index in [4.69, 9.17) is 4.74 Å². The maximum Gasteiger partial charge on any atom is 0.265 e. The third-order valence-corrected chi connectivity index (χ3v) is 4.43. The number of hydrogen-bond donors (Lipinski definition) is 2. The van der Waals surface area contributed by atoms with Gasteiger partial charge >= 0.3 is 0 Å². The van der Waals surface area contributed by atoms with Crippen molar-refractivity contribution in [3.8, 4) is 5.75 Å². The first kappa shape index (κ1) is 17.6. The van der Waals surface area contributed by atoms with Crippen molar-refractivity contribution < 1.29 is 18.7 Å². The summed E-state index contributed by atoms with van der Waals surface area (Å²) in [6.45, 7) is 0. The normalized spacial score (nSPS) is 10.2. The van der Waals surface area contributed by atoms with Crippen molar-refractivity contribution in [2.45, 2.75) is 0 Å². The molecule has 2 N–H and O–H groups in total. The molecule has 0 fully saturated rings. The average molecular weight is 370 g/mol. The standard InChI is InChI=1S/C19H15FN2O3S/c1-25-16-11-14(21-18(23)12-4-6-13(20)7-5-12)8-9-15(16)22-19(24)17-3-2-10-26-17/h2-11H,1H3,(H,21,23)(H,22,24). The Morgan fingerprint density at radius 1 is 1.00 bits per heavy atom. The van der Waals surface area contributed by atoms with Crippen LogP contribution in [0.5, 0.6) is 5.75 Å². The van der Waals surface area contributed by atoms with Crippen LogP contribution in [0.25, 0.3) is 0 Å². The molecule has 0 saturated carbocycles. The molecule has 0 radical (unpaired) electrons. The van der Waals surface area contributed by atoms with Crippen molar-refractivity contribution in [2.75, 3.05) is 17.7 Å². The summed E-state index contributed by atoms with van der Waals surface area (Å²) >= 11 is 1.34. The van der Waals surface area contributed by atoms with E-state index in [1.54, 1.807) is 30.3 Å². The third-order valence-electron chi connectivity index (χ3n) is 3.56. The van der Waals surface area contributed by atoms with Crippen LogP contribution in [0.15, 0.2) is 60.0 Å². The summed E-state index contributed by atoms with van der Waals surface area (Å²) in [5, 5.41) is 7.30. The minimum absolute atomic E-state index is 0.235. The van der Waals surface area contributed by atoms with Crippen LogP contribution < -0.4 is 15.4 Å². The molecule has 3 rings (SSSR count). The molecule has 0 unspecified atom stereocenters. The quantitative estimate of drug-likeness (QED) is 0.699. The van der Waals surface area contributed by atoms with Crippen LogP contribution in [0, 0.1) is 5.82 Å². The van der Waals surface area contributed by atoms with E-state index in [2.05, 4.69) is 10.6 Å². The van der Waals surface area contributed by atoms with Gasteiger partial charge in [-0.25, -0.2) is 4.39 Å². The van der Waals surface area contributed by atoms with Crippen molar-refractivity contribution in [3.63, 3.8) is 0 Å². The van der Waals surface area contributed by atoms with Gasteiger partial charge in [0, 0.05) is 17.3 Å². The van der Waals surface area contributed by atoms with Crippen LogP contribution in [0.2, 0.25) is 0 Å². The summed E-state index contributed by atoms with van der Waals surface area (Å²) in [7, 11) is 1.47. The van der Waals surface area contributed by atoms with Crippen molar-refractivity contribution in [1.29, 1.82) is 0 Å². The maximum absolute atomic E-state index is 12.9. The van der Waals surface area contributed by atoms with Crippen LogP contribution in [-0.4, -0.2) is 18.9 Å². The Morgan fingerprint density at radius 3 is 2.42 bits per heavy atom. The van der Waals surface area contributed by atoms with Crippen LogP contribution in [0.3, 0.4) is 0 Å². The Kier molecular flexibility index (Phi) is 5.28. The second-order valence-corrected chi connectivity index (χ2v) is 6.26. The summed E-state index contributed by atoms with van der Waals surface area (Å²) in [4.78, 5) is 24.9. The minimum Gasteiger partial charge on any atom is -0.494 e. The fourth-order valence-electron chi connectivity index (χ4n) is 2.27. The molecule has 0 aliphatic carbocycles. The van der Waals surface area contributed by atoms with Gasteiger partial charge in [-0.3, -0.25) is 9.59 Å². The Hall–Kier alpha value is -3.19.